The molecule has 0 bridgehead atoms. The molecule has 1 saturated heterocycles. The minimum atomic E-state index is -2.62. The number of para-hydroxylation sites is 1. The fourth-order valence-electron chi connectivity index (χ4n) is 3.06. The van der Waals surface area contributed by atoms with Crippen LogP contribution in [0.5, 0.6) is 0 Å². The molecule has 0 spiro atoms. The molecular weight excluding hydrogens is 294 g/mol. The quantitative estimate of drug-likeness (QED) is 0.362. The van der Waals surface area contributed by atoms with Gasteiger partial charge >= 0.3 is 0 Å². The molecule has 0 aromatic heterocycles. The maximum absolute atomic E-state index is 10.9. The van der Waals surface area contributed by atoms with Crippen molar-refractivity contribution in [3.63, 3.8) is 0 Å². The van der Waals surface area contributed by atoms with Gasteiger partial charge < -0.3 is 35.4 Å². The number of benzene rings is 1. The molecule has 2 aliphatic rings. The minimum Gasteiger partial charge on any atom is -0.394 e. The fourth-order valence-corrected chi connectivity index (χ4v) is 3.06. The summed E-state index contributed by atoms with van der Waals surface area (Å²) < 4.78 is 4.84. The molecule has 22 heavy (non-hydrogen) atoms. The Morgan fingerprint density at radius 1 is 1.09 bits per heavy atom. The molecular formula is C14H17NO7. The van der Waals surface area contributed by atoms with Crippen molar-refractivity contribution >= 4 is 11.9 Å². The molecule has 6 atom stereocenters. The van der Waals surface area contributed by atoms with Crippen LogP contribution < -0.4 is 0 Å². The van der Waals surface area contributed by atoms with Gasteiger partial charge in [0, 0.05) is 11.8 Å². The molecule has 1 fully saturated rings. The van der Waals surface area contributed by atoms with Gasteiger partial charge in [0.15, 0.2) is 17.5 Å². The van der Waals surface area contributed by atoms with Gasteiger partial charge in [-0.1, -0.05) is 18.2 Å². The van der Waals surface area contributed by atoms with Crippen LogP contribution in [0.1, 0.15) is 5.56 Å². The fraction of sp³-hybridized carbons (Fsp3) is 0.500. The Hall–Kier alpha value is -1.39. The van der Waals surface area contributed by atoms with E-state index in [0.29, 0.717) is 5.69 Å². The number of nitrogens with zero attached hydrogens (tertiary/aromatic N) is 1. The Labute approximate surface area is 125 Å². The van der Waals surface area contributed by atoms with Gasteiger partial charge in [-0.2, -0.15) is 0 Å². The molecule has 8 heteroatoms. The number of aliphatic imine (C=N–C) groups is 1. The molecule has 1 aromatic carbocycles. The van der Waals surface area contributed by atoms with Crippen LogP contribution in [0.3, 0.4) is 0 Å². The third-order valence-electron chi connectivity index (χ3n) is 4.33. The molecule has 6 N–H and O–H groups in total. The number of fused-ring (bicyclic) bond motifs is 1. The van der Waals surface area contributed by atoms with Gasteiger partial charge in [0.05, 0.1) is 12.3 Å². The highest BCUT2D eigenvalue weighted by atomic mass is 16.6. The second-order valence-corrected chi connectivity index (χ2v) is 5.50. The molecule has 1 unspecified atom stereocenters. The number of ether oxygens (including phenoxy) is 1. The molecule has 2 heterocycles. The van der Waals surface area contributed by atoms with Crippen LogP contribution in [0, 0.1) is 0 Å². The molecule has 120 valence electrons. The Bertz CT molecular complexity index is 609. The second-order valence-electron chi connectivity index (χ2n) is 5.50. The predicted molar refractivity (Wildman–Crippen MR) is 73.4 cm³/mol. The lowest BCUT2D eigenvalue weighted by Crippen LogP contribution is -2.75. The van der Waals surface area contributed by atoms with E-state index in [1.807, 2.05) is 0 Å². The molecule has 0 amide bonds. The lowest BCUT2D eigenvalue weighted by atomic mass is 9.69. The lowest BCUT2D eigenvalue weighted by Gasteiger charge is -2.51. The van der Waals surface area contributed by atoms with Crippen molar-refractivity contribution in [2.75, 3.05) is 6.61 Å². The molecule has 3 rings (SSSR count). The SMILES string of the molecule is OC[C@H]1O[C@H](O)[C@@H](O)[C@](O)(C2(O)C=Nc3ccccc32)[C@@H]1O. The molecule has 8 nitrogen and oxygen atoms in total. The molecule has 2 aliphatic heterocycles. The average molecular weight is 311 g/mol. The summed E-state index contributed by atoms with van der Waals surface area (Å²) in [4.78, 5) is 3.98. The topological polar surface area (TPSA) is 143 Å². The molecule has 1 aromatic rings. The first-order valence-electron chi connectivity index (χ1n) is 6.76. The van der Waals surface area contributed by atoms with E-state index < -0.39 is 42.4 Å². The van der Waals surface area contributed by atoms with E-state index in [1.54, 1.807) is 18.2 Å². The van der Waals surface area contributed by atoms with Crippen molar-refractivity contribution in [3.05, 3.63) is 29.8 Å². The first-order chi connectivity index (χ1) is 10.4. The maximum Gasteiger partial charge on any atom is 0.184 e. The summed E-state index contributed by atoms with van der Waals surface area (Å²) in [6.45, 7) is -0.720. The van der Waals surface area contributed by atoms with Gasteiger partial charge in [0.1, 0.15) is 18.3 Å². The number of hydrogen-bond acceptors (Lipinski definition) is 8. The lowest BCUT2D eigenvalue weighted by molar-refractivity contribution is -0.349. The van der Waals surface area contributed by atoms with Crippen LogP contribution in [-0.2, 0) is 10.3 Å². The van der Waals surface area contributed by atoms with Crippen molar-refractivity contribution in [1.29, 1.82) is 0 Å². The van der Waals surface area contributed by atoms with E-state index in [0.717, 1.165) is 6.21 Å². The number of aliphatic hydroxyl groups excluding tert-OH is 4. The van der Waals surface area contributed by atoms with Crippen molar-refractivity contribution in [2.24, 2.45) is 4.99 Å². The molecule has 0 radical (unpaired) electrons. The molecule has 0 saturated carbocycles. The van der Waals surface area contributed by atoms with Gasteiger partial charge in [0.2, 0.25) is 0 Å². The molecule has 0 aliphatic carbocycles. The summed E-state index contributed by atoms with van der Waals surface area (Å²) in [6.07, 6.45) is -6.16. The summed E-state index contributed by atoms with van der Waals surface area (Å²) in [5, 5.41) is 61.2. The van der Waals surface area contributed by atoms with E-state index >= 15 is 0 Å². The summed E-state index contributed by atoms with van der Waals surface area (Å²) in [6, 6.07) is 6.34. The van der Waals surface area contributed by atoms with Crippen LogP contribution in [0.4, 0.5) is 5.69 Å². The van der Waals surface area contributed by atoms with E-state index in [9.17, 15) is 30.6 Å². The van der Waals surface area contributed by atoms with Gasteiger partial charge in [0.25, 0.3) is 0 Å². The van der Waals surface area contributed by atoms with Crippen molar-refractivity contribution in [2.45, 2.75) is 35.8 Å². The van der Waals surface area contributed by atoms with Crippen LogP contribution in [-0.4, -0.2) is 73.7 Å². The number of aliphatic hydroxyl groups is 6. The minimum absolute atomic E-state index is 0.168. The van der Waals surface area contributed by atoms with Gasteiger partial charge in [-0.25, -0.2) is 0 Å². The average Bonchev–Trinajstić information content (AvgIpc) is 2.88. The van der Waals surface area contributed by atoms with Gasteiger partial charge in [-0.3, -0.25) is 4.99 Å². The maximum atomic E-state index is 10.9. The zero-order valence-corrected chi connectivity index (χ0v) is 11.4. The van der Waals surface area contributed by atoms with Gasteiger partial charge in [-0.05, 0) is 6.07 Å². The third kappa shape index (κ3) is 1.80. The predicted octanol–water partition coefficient (Wildman–Crippen LogP) is -2.25. The van der Waals surface area contributed by atoms with Crippen molar-refractivity contribution in [3.8, 4) is 0 Å². The van der Waals surface area contributed by atoms with E-state index in [1.165, 1.54) is 6.07 Å². The van der Waals surface area contributed by atoms with Crippen LogP contribution in [0.15, 0.2) is 29.3 Å². The van der Waals surface area contributed by atoms with Crippen molar-refractivity contribution in [1.82, 2.24) is 0 Å². The zero-order chi connectivity index (χ0) is 16.1. The summed E-state index contributed by atoms with van der Waals surface area (Å²) in [5.41, 5.74) is -4.34. The Balaban J connectivity index is 2.14. The Kier molecular flexibility index (Phi) is 3.57. The third-order valence-corrected chi connectivity index (χ3v) is 4.33. The Morgan fingerprint density at radius 3 is 2.45 bits per heavy atom. The van der Waals surface area contributed by atoms with E-state index in [4.69, 9.17) is 4.74 Å². The Morgan fingerprint density at radius 2 is 1.77 bits per heavy atom. The van der Waals surface area contributed by atoms with E-state index in [-0.39, 0.29) is 5.56 Å². The van der Waals surface area contributed by atoms with Crippen LogP contribution in [0.25, 0.3) is 0 Å². The normalized spacial score (nSPS) is 44.1. The monoisotopic (exact) mass is 311 g/mol. The zero-order valence-electron chi connectivity index (χ0n) is 11.4. The van der Waals surface area contributed by atoms with Crippen LogP contribution in [0.2, 0.25) is 0 Å². The smallest absolute Gasteiger partial charge is 0.184 e. The van der Waals surface area contributed by atoms with E-state index in [2.05, 4.69) is 4.99 Å². The number of rotatable bonds is 2. The highest BCUT2D eigenvalue weighted by Crippen LogP contribution is 2.47. The first kappa shape index (κ1) is 15.5. The highest BCUT2D eigenvalue weighted by molar-refractivity contribution is 5.85. The second kappa shape index (κ2) is 5.07. The summed E-state index contributed by atoms with van der Waals surface area (Å²) in [7, 11) is 0. The van der Waals surface area contributed by atoms with Crippen LogP contribution >= 0.6 is 0 Å². The standard InChI is InChI=1S/C14H17NO7/c16-5-9-10(17)14(21,11(18)12(19)22-9)13(20)6-15-8-4-2-1-3-7(8)13/h1-4,6,9-12,16-21H,5H2/t9-,10-,11-,12+,13?,14+/m1/s1. The van der Waals surface area contributed by atoms with Crippen molar-refractivity contribution < 1.29 is 35.4 Å². The highest BCUT2D eigenvalue weighted by Gasteiger charge is 2.66. The number of hydrogen-bond donors (Lipinski definition) is 6. The summed E-state index contributed by atoms with van der Waals surface area (Å²) in [5.74, 6) is 0. The summed E-state index contributed by atoms with van der Waals surface area (Å²) >= 11 is 0. The van der Waals surface area contributed by atoms with Gasteiger partial charge in [-0.15, -0.1) is 0 Å². The first-order valence-corrected chi connectivity index (χ1v) is 6.76. The largest absolute Gasteiger partial charge is 0.394 e.